The van der Waals surface area contributed by atoms with E-state index >= 15 is 0 Å². The zero-order valence-electron chi connectivity index (χ0n) is 17.8. The first-order valence-corrected chi connectivity index (χ1v) is 9.88. The van der Waals surface area contributed by atoms with Crippen LogP contribution in [0.5, 0.6) is 17.2 Å². The SMILES string of the molecule is C/C=C/COc1cc(C)c(OCCOc2cccc(CC/C=N/OC)c2)c(C)c1. The molecule has 2 rings (SSSR count). The van der Waals surface area contributed by atoms with Gasteiger partial charge in [0.25, 0.3) is 0 Å². The lowest BCUT2D eigenvalue weighted by Crippen LogP contribution is -2.10. The van der Waals surface area contributed by atoms with E-state index in [1.165, 1.54) is 5.56 Å². The number of hydrogen-bond acceptors (Lipinski definition) is 5. The van der Waals surface area contributed by atoms with Gasteiger partial charge in [-0.15, -0.1) is 0 Å². The van der Waals surface area contributed by atoms with Crippen LogP contribution in [0.4, 0.5) is 0 Å². The molecule has 156 valence electrons. The molecular formula is C24H31NO4. The van der Waals surface area contributed by atoms with Crippen molar-refractivity contribution in [2.45, 2.75) is 33.6 Å². The summed E-state index contributed by atoms with van der Waals surface area (Å²) in [6.45, 7) is 7.57. The predicted octanol–water partition coefficient (Wildman–Crippen LogP) is 5.28. The van der Waals surface area contributed by atoms with E-state index < -0.39 is 0 Å². The fourth-order valence-corrected chi connectivity index (χ4v) is 2.91. The number of allylic oxidation sites excluding steroid dienone is 1. The molecule has 0 fully saturated rings. The molecule has 0 unspecified atom stereocenters. The van der Waals surface area contributed by atoms with Crippen molar-refractivity contribution < 1.29 is 19.0 Å². The smallest absolute Gasteiger partial charge is 0.125 e. The molecule has 0 atom stereocenters. The Morgan fingerprint density at radius 1 is 0.931 bits per heavy atom. The van der Waals surface area contributed by atoms with Gasteiger partial charge >= 0.3 is 0 Å². The van der Waals surface area contributed by atoms with E-state index in [-0.39, 0.29) is 0 Å². The van der Waals surface area contributed by atoms with Crippen LogP contribution in [0.15, 0.2) is 53.7 Å². The number of nitrogens with zero attached hydrogens (tertiary/aromatic N) is 1. The second-order valence-electron chi connectivity index (χ2n) is 6.62. The molecule has 0 radical (unpaired) electrons. The highest BCUT2D eigenvalue weighted by Gasteiger charge is 2.07. The van der Waals surface area contributed by atoms with Gasteiger partial charge in [0, 0.05) is 6.21 Å². The molecule has 0 aliphatic heterocycles. The zero-order valence-corrected chi connectivity index (χ0v) is 17.8. The molecule has 0 heterocycles. The van der Waals surface area contributed by atoms with Crippen LogP contribution in [0.2, 0.25) is 0 Å². The minimum Gasteiger partial charge on any atom is -0.490 e. The third-order valence-electron chi connectivity index (χ3n) is 4.25. The average Bonchev–Trinajstić information content (AvgIpc) is 2.71. The van der Waals surface area contributed by atoms with Crippen molar-refractivity contribution in [3.8, 4) is 17.2 Å². The van der Waals surface area contributed by atoms with Crippen LogP contribution in [0.3, 0.4) is 0 Å². The summed E-state index contributed by atoms with van der Waals surface area (Å²) >= 11 is 0. The molecule has 0 bridgehead atoms. The quantitative estimate of drug-likeness (QED) is 0.212. The van der Waals surface area contributed by atoms with Gasteiger partial charge in [-0.3, -0.25) is 0 Å². The van der Waals surface area contributed by atoms with E-state index in [0.717, 1.165) is 41.2 Å². The largest absolute Gasteiger partial charge is 0.490 e. The molecule has 2 aromatic carbocycles. The Bertz CT molecular complexity index is 791. The Morgan fingerprint density at radius 2 is 1.69 bits per heavy atom. The van der Waals surface area contributed by atoms with Crippen LogP contribution in [-0.2, 0) is 11.3 Å². The fourth-order valence-electron chi connectivity index (χ4n) is 2.91. The number of benzene rings is 2. The summed E-state index contributed by atoms with van der Waals surface area (Å²) in [5.41, 5.74) is 3.31. The third kappa shape index (κ3) is 7.90. The highest BCUT2D eigenvalue weighted by Crippen LogP contribution is 2.28. The molecule has 0 saturated heterocycles. The molecular weight excluding hydrogens is 366 g/mol. The Kier molecular flexibility index (Phi) is 9.63. The van der Waals surface area contributed by atoms with Gasteiger partial charge < -0.3 is 19.0 Å². The van der Waals surface area contributed by atoms with Crippen LogP contribution < -0.4 is 14.2 Å². The standard InChI is InChI=1S/C24H31NO4/c1-5-6-13-27-23-16-19(2)24(20(3)17-23)29-15-14-28-22-11-7-9-21(18-22)10-8-12-25-26-4/h5-7,9,11-12,16-18H,8,10,13-15H2,1-4H3/b6-5+,25-12+. The first-order valence-electron chi connectivity index (χ1n) is 9.88. The zero-order chi connectivity index (χ0) is 20.9. The van der Waals surface area contributed by atoms with Crippen molar-refractivity contribution >= 4 is 6.21 Å². The van der Waals surface area contributed by atoms with Crippen molar-refractivity contribution in [1.29, 1.82) is 0 Å². The molecule has 0 aliphatic rings. The predicted molar refractivity (Wildman–Crippen MR) is 117 cm³/mol. The third-order valence-corrected chi connectivity index (χ3v) is 4.25. The maximum atomic E-state index is 5.97. The van der Waals surface area contributed by atoms with Gasteiger partial charge in [0.15, 0.2) is 0 Å². The monoisotopic (exact) mass is 397 g/mol. The van der Waals surface area contributed by atoms with Crippen LogP contribution in [0.1, 0.15) is 30.0 Å². The molecule has 5 nitrogen and oxygen atoms in total. The van der Waals surface area contributed by atoms with E-state index in [2.05, 4.69) is 16.1 Å². The maximum Gasteiger partial charge on any atom is 0.125 e. The van der Waals surface area contributed by atoms with Gasteiger partial charge in [-0.25, -0.2) is 0 Å². The van der Waals surface area contributed by atoms with Crippen LogP contribution in [-0.4, -0.2) is 33.1 Å². The van der Waals surface area contributed by atoms with Crippen LogP contribution in [0, 0.1) is 13.8 Å². The molecule has 0 aliphatic carbocycles. The molecule has 0 N–H and O–H groups in total. The summed E-state index contributed by atoms with van der Waals surface area (Å²) in [5.74, 6) is 2.59. The lowest BCUT2D eigenvalue weighted by Gasteiger charge is -2.15. The van der Waals surface area contributed by atoms with Gasteiger partial charge in [0.2, 0.25) is 0 Å². The first-order chi connectivity index (χ1) is 14.1. The van der Waals surface area contributed by atoms with Crippen LogP contribution in [0.25, 0.3) is 0 Å². The molecule has 0 spiro atoms. The summed E-state index contributed by atoms with van der Waals surface area (Å²) in [6.07, 6.45) is 7.44. The number of ether oxygens (including phenoxy) is 3. The summed E-state index contributed by atoms with van der Waals surface area (Å²) in [5, 5.41) is 3.75. The highest BCUT2D eigenvalue weighted by molar-refractivity contribution is 5.56. The van der Waals surface area contributed by atoms with Gasteiger partial charge in [0.1, 0.15) is 44.2 Å². The van der Waals surface area contributed by atoms with E-state index in [1.54, 1.807) is 13.3 Å². The summed E-state index contributed by atoms with van der Waals surface area (Å²) in [6, 6.07) is 12.1. The molecule has 0 amide bonds. The summed E-state index contributed by atoms with van der Waals surface area (Å²) < 4.78 is 17.5. The van der Waals surface area contributed by atoms with Crippen molar-refractivity contribution in [2.75, 3.05) is 26.9 Å². The number of aryl methyl sites for hydroxylation is 3. The molecule has 0 aromatic heterocycles. The molecule has 0 saturated carbocycles. The highest BCUT2D eigenvalue weighted by atomic mass is 16.6. The molecule has 2 aromatic rings. The minimum absolute atomic E-state index is 0.477. The molecule has 29 heavy (non-hydrogen) atoms. The fraction of sp³-hybridized carbons (Fsp3) is 0.375. The number of hydrogen-bond donors (Lipinski definition) is 0. The van der Waals surface area contributed by atoms with E-state index in [4.69, 9.17) is 14.2 Å². The minimum atomic E-state index is 0.477. The van der Waals surface area contributed by atoms with Crippen molar-refractivity contribution in [1.82, 2.24) is 0 Å². The van der Waals surface area contributed by atoms with E-state index in [0.29, 0.717) is 19.8 Å². The van der Waals surface area contributed by atoms with Crippen molar-refractivity contribution in [3.05, 3.63) is 65.2 Å². The van der Waals surface area contributed by atoms with E-state index in [9.17, 15) is 0 Å². The Labute approximate surface area is 173 Å². The van der Waals surface area contributed by atoms with Crippen molar-refractivity contribution in [3.63, 3.8) is 0 Å². The van der Waals surface area contributed by atoms with Crippen LogP contribution >= 0.6 is 0 Å². The normalized spacial score (nSPS) is 11.2. The van der Waals surface area contributed by atoms with Gasteiger partial charge in [-0.1, -0.05) is 29.4 Å². The van der Waals surface area contributed by atoms with Gasteiger partial charge in [-0.05, 0) is 74.6 Å². The first kappa shape index (κ1) is 22.3. The Morgan fingerprint density at radius 3 is 2.41 bits per heavy atom. The van der Waals surface area contributed by atoms with Crippen molar-refractivity contribution in [2.24, 2.45) is 5.16 Å². The Balaban J connectivity index is 1.82. The second kappa shape index (κ2) is 12.5. The lowest BCUT2D eigenvalue weighted by molar-refractivity contribution is 0.214. The maximum absolute atomic E-state index is 5.97. The van der Waals surface area contributed by atoms with E-state index in [1.807, 2.05) is 63.3 Å². The lowest BCUT2D eigenvalue weighted by atomic mass is 10.1. The average molecular weight is 398 g/mol. The summed E-state index contributed by atoms with van der Waals surface area (Å²) in [7, 11) is 1.54. The van der Waals surface area contributed by atoms with Gasteiger partial charge in [-0.2, -0.15) is 0 Å². The second-order valence-corrected chi connectivity index (χ2v) is 6.62. The Hall–Kier alpha value is -2.95. The van der Waals surface area contributed by atoms with Gasteiger partial charge in [0.05, 0.1) is 0 Å². The molecule has 5 heteroatoms. The summed E-state index contributed by atoms with van der Waals surface area (Å²) in [4.78, 5) is 4.67. The topological polar surface area (TPSA) is 49.3 Å². The number of rotatable bonds is 12. The number of oxime groups is 1.